The Balaban J connectivity index is 2.27. The topological polar surface area (TPSA) is 86.8 Å². The normalized spacial score (nSPS) is 12.6. The number of nitrogens with one attached hydrogen (secondary N) is 1. The highest BCUT2D eigenvalue weighted by Gasteiger charge is 2.31. The average Bonchev–Trinajstić information content (AvgIpc) is 2.78. The highest BCUT2D eigenvalue weighted by molar-refractivity contribution is 7.92. The summed E-state index contributed by atoms with van der Waals surface area (Å²) in [6.07, 6.45) is 2.03. The summed E-state index contributed by atoms with van der Waals surface area (Å²) in [7, 11) is -3.55. The Kier molecular flexibility index (Phi) is 10.6. The summed E-state index contributed by atoms with van der Waals surface area (Å²) in [5.74, 6) is -0.425. The minimum absolute atomic E-state index is 0.101. The fourth-order valence-electron chi connectivity index (χ4n) is 4.15. The molecule has 0 aliphatic rings. The molecular weight excluding hydrogens is 510 g/mol. The van der Waals surface area contributed by atoms with Crippen LogP contribution in [0.25, 0.3) is 0 Å². The minimum atomic E-state index is -3.55. The van der Waals surface area contributed by atoms with Crippen molar-refractivity contribution < 1.29 is 18.0 Å². The summed E-state index contributed by atoms with van der Waals surface area (Å²) in [6, 6.07) is 12.1. The Bertz CT molecular complexity index is 1190. The molecule has 0 radical (unpaired) electrons. The minimum Gasteiger partial charge on any atom is -0.350 e. The van der Waals surface area contributed by atoms with Gasteiger partial charge in [0.05, 0.1) is 11.9 Å². The molecule has 2 amide bonds. The molecule has 0 aromatic heterocycles. The van der Waals surface area contributed by atoms with Gasteiger partial charge >= 0.3 is 0 Å². The van der Waals surface area contributed by atoms with E-state index in [2.05, 4.69) is 5.32 Å². The first kappa shape index (κ1) is 30.6. The van der Waals surface area contributed by atoms with Crippen molar-refractivity contribution in [1.82, 2.24) is 10.2 Å². The first-order chi connectivity index (χ1) is 17.1. The second-order valence-electron chi connectivity index (χ2n) is 10.5. The monoisotopic (exact) mass is 549 g/mol. The van der Waals surface area contributed by atoms with E-state index >= 15 is 0 Å². The van der Waals surface area contributed by atoms with Crippen molar-refractivity contribution in [2.45, 2.75) is 78.9 Å². The SMILES string of the molecule is CCC(C(=O)NC(C)(C)C)N(Cc1ccc(Cl)cc1)C(=O)CCCN(c1cccc(C)c1C)S(C)(=O)=O. The molecule has 7 nitrogen and oxygen atoms in total. The van der Waals surface area contributed by atoms with E-state index in [9.17, 15) is 18.0 Å². The number of nitrogens with zero attached hydrogens (tertiary/aromatic N) is 2. The van der Waals surface area contributed by atoms with Crippen LogP contribution in [0.4, 0.5) is 5.69 Å². The number of carbonyl (C=O) groups is 2. The third-order valence-electron chi connectivity index (χ3n) is 6.15. The number of carbonyl (C=O) groups excluding carboxylic acids is 2. The Hall–Kier alpha value is -2.58. The number of sulfonamides is 1. The van der Waals surface area contributed by atoms with Crippen LogP contribution in [0.5, 0.6) is 0 Å². The summed E-state index contributed by atoms with van der Waals surface area (Å²) in [6.45, 7) is 11.8. The number of halogens is 1. The zero-order valence-electron chi connectivity index (χ0n) is 23.0. The van der Waals surface area contributed by atoms with E-state index in [0.717, 1.165) is 16.7 Å². The van der Waals surface area contributed by atoms with Crippen molar-refractivity contribution in [3.05, 3.63) is 64.2 Å². The Morgan fingerprint density at radius 2 is 1.68 bits per heavy atom. The van der Waals surface area contributed by atoms with Gasteiger partial charge in [0, 0.05) is 30.1 Å². The number of hydrogen-bond donors (Lipinski definition) is 1. The van der Waals surface area contributed by atoms with E-state index in [4.69, 9.17) is 11.6 Å². The molecule has 0 heterocycles. The van der Waals surface area contributed by atoms with Crippen molar-refractivity contribution in [1.29, 1.82) is 0 Å². The maximum Gasteiger partial charge on any atom is 0.243 e. The van der Waals surface area contributed by atoms with Gasteiger partial charge in [-0.1, -0.05) is 42.8 Å². The Morgan fingerprint density at radius 3 is 2.22 bits per heavy atom. The maximum absolute atomic E-state index is 13.5. The van der Waals surface area contributed by atoms with Gasteiger partial charge in [-0.25, -0.2) is 8.42 Å². The number of aryl methyl sites for hydroxylation is 1. The van der Waals surface area contributed by atoms with Crippen LogP contribution < -0.4 is 9.62 Å². The molecule has 0 saturated heterocycles. The van der Waals surface area contributed by atoms with E-state index in [1.807, 2.05) is 65.8 Å². The molecule has 0 spiro atoms. The molecule has 1 unspecified atom stereocenters. The van der Waals surface area contributed by atoms with Gasteiger partial charge in [-0.15, -0.1) is 0 Å². The number of amides is 2. The van der Waals surface area contributed by atoms with E-state index in [1.54, 1.807) is 23.1 Å². The fourth-order valence-corrected chi connectivity index (χ4v) is 5.29. The molecule has 0 saturated carbocycles. The van der Waals surface area contributed by atoms with Crippen LogP contribution in [0.1, 0.15) is 63.6 Å². The molecule has 0 aliphatic heterocycles. The van der Waals surface area contributed by atoms with Crippen molar-refractivity contribution in [3.8, 4) is 0 Å². The molecule has 1 N–H and O–H groups in total. The van der Waals surface area contributed by atoms with Crippen LogP contribution >= 0.6 is 11.6 Å². The van der Waals surface area contributed by atoms with Crippen molar-refractivity contribution in [2.24, 2.45) is 0 Å². The molecule has 37 heavy (non-hydrogen) atoms. The molecule has 0 bridgehead atoms. The van der Waals surface area contributed by atoms with Gasteiger partial charge in [0.25, 0.3) is 0 Å². The van der Waals surface area contributed by atoms with Gasteiger partial charge in [0.2, 0.25) is 21.8 Å². The third kappa shape index (κ3) is 9.04. The lowest BCUT2D eigenvalue weighted by Gasteiger charge is -2.33. The lowest BCUT2D eigenvalue weighted by Crippen LogP contribution is -2.53. The summed E-state index contributed by atoms with van der Waals surface area (Å²) in [4.78, 5) is 28.3. The van der Waals surface area contributed by atoms with Gasteiger partial charge in [0.15, 0.2) is 0 Å². The number of anilines is 1. The Morgan fingerprint density at radius 1 is 1.05 bits per heavy atom. The van der Waals surface area contributed by atoms with Gasteiger partial charge in [0.1, 0.15) is 6.04 Å². The lowest BCUT2D eigenvalue weighted by molar-refractivity contribution is -0.142. The average molecular weight is 550 g/mol. The first-order valence-corrected chi connectivity index (χ1v) is 14.8. The fraction of sp³-hybridized carbons (Fsp3) is 0.500. The predicted molar refractivity (Wildman–Crippen MR) is 151 cm³/mol. The molecule has 9 heteroatoms. The summed E-state index contributed by atoms with van der Waals surface area (Å²) >= 11 is 6.03. The zero-order chi connectivity index (χ0) is 28.0. The molecule has 2 rings (SSSR count). The quantitative estimate of drug-likeness (QED) is 0.416. The highest BCUT2D eigenvalue weighted by atomic mass is 35.5. The van der Waals surface area contributed by atoms with E-state index in [-0.39, 0.29) is 31.3 Å². The highest BCUT2D eigenvalue weighted by Crippen LogP contribution is 2.26. The molecule has 204 valence electrons. The van der Waals surface area contributed by atoms with Crippen molar-refractivity contribution in [2.75, 3.05) is 17.1 Å². The zero-order valence-corrected chi connectivity index (χ0v) is 24.5. The lowest BCUT2D eigenvalue weighted by atomic mass is 10.0. The maximum atomic E-state index is 13.5. The van der Waals surface area contributed by atoms with Gasteiger partial charge < -0.3 is 10.2 Å². The van der Waals surface area contributed by atoms with Gasteiger partial charge in [-0.3, -0.25) is 13.9 Å². The molecule has 0 fully saturated rings. The van der Waals surface area contributed by atoms with Crippen molar-refractivity contribution in [3.63, 3.8) is 0 Å². The number of hydrogen-bond acceptors (Lipinski definition) is 4. The Labute approximate surface area is 227 Å². The van der Waals surface area contributed by atoms with Gasteiger partial charge in [-0.05, 0) is 82.3 Å². The summed E-state index contributed by atoms with van der Waals surface area (Å²) < 4.78 is 26.6. The van der Waals surface area contributed by atoms with Crippen molar-refractivity contribution >= 4 is 39.1 Å². The van der Waals surface area contributed by atoms with Crippen LogP contribution in [0.3, 0.4) is 0 Å². The molecule has 0 aliphatic carbocycles. The molecule has 1 atom stereocenters. The third-order valence-corrected chi connectivity index (χ3v) is 7.58. The predicted octanol–water partition coefficient (Wildman–Crippen LogP) is 5.23. The molecule has 2 aromatic rings. The van der Waals surface area contributed by atoms with Gasteiger partial charge in [-0.2, -0.15) is 0 Å². The summed E-state index contributed by atoms with van der Waals surface area (Å²) in [5, 5.41) is 3.58. The second kappa shape index (κ2) is 12.8. The van der Waals surface area contributed by atoms with Crippen LogP contribution in [0, 0.1) is 13.8 Å². The van der Waals surface area contributed by atoms with Crippen LogP contribution in [0.15, 0.2) is 42.5 Å². The standard InChI is InChI=1S/C28H40ClN3O4S/c1-8-24(27(34)30-28(4,5)6)31(19-22-14-16-23(29)17-15-22)26(33)13-10-18-32(37(7,35)36)25-12-9-11-20(2)21(25)3/h9,11-12,14-17,24H,8,10,13,18-19H2,1-7H3,(H,30,34). The number of rotatable bonds is 11. The molecular formula is C28H40ClN3O4S. The second-order valence-corrected chi connectivity index (χ2v) is 12.8. The van der Waals surface area contributed by atoms with Crippen LogP contribution in [-0.2, 0) is 26.2 Å². The van der Waals surface area contributed by atoms with Crippen LogP contribution in [0.2, 0.25) is 5.02 Å². The summed E-state index contributed by atoms with van der Waals surface area (Å²) in [5.41, 5.74) is 2.90. The number of benzene rings is 2. The smallest absolute Gasteiger partial charge is 0.243 e. The van der Waals surface area contributed by atoms with E-state index in [1.165, 1.54) is 10.6 Å². The first-order valence-electron chi connectivity index (χ1n) is 12.5. The largest absolute Gasteiger partial charge is 0.350 e. The van der Waals surface area contributed by atoms with E-state index < -0.39 is 21.6 Å². The molecule has 2 aromatic carbocycles. The van der Waals surface area contributed by atoms with E-state index in [0.29, 0.717) is 23.6 Å². The van der Waals surface area contributed by atoms with Crippen LogP contribution in [-0.4, -0.2) is 49.5 Å².